The monoisotopic (exact) mass is 398 g/mol. The third-order valence-electron chi connectivity index (χ3n) is 3.74. The number of β-amino-alcohol motifs (C(OH)–C–C–N with tert-alkyl or cyclic N) is 1. The number of nitrogens with zero attached hydrogens (tertiary/aromatic N) is 1. The molecule has 148 valence electrons. The zero-order chi connectivity index (χ0) is 20.6. The van der Waals surface area contributed by atoms with E-state index in [9.17, 15) is 41.0 Å². The molecule has 12 heteroatoms. The first-order valence-electron chi connectivity index (χ1n) is 7.25. The molecule has 0 aliphatic carbocycles. The Kier molecular flexibility index (Phi) is 5.25. The Hall–Kier alpha value is -2.60. The molecule has 0 atom stereocenters. The molecular formula is C15H12F6N2O4. The lowest BCUT2D eigenvalue weighted by Gasteiger charge is -2.34. The van der Waals surface area contributed by atoms with Gasteiger partial charge in [0.25, 0.3) is 17.4 Å². The van der Waals surface area contributed by atoms with Crippen LogP contribution in [0.2, 0.25) is 0 Å². The first-order chi connectivity index (χ1) is 12.3. The van der Waals surface area contributed by atoms with Crippen molar-refractivity contribution in [3.63, 3.8) is 0 Å². The molecule has 0 aromatic heterocycles. The highest BCUT2D eigenvalue weighted by molar-refractivity contribution is 6.17. The van der Waals surface area contributed by atoms with Crippen LogP contribution >= 0.6 is 0 Å². The largest absolute Gasteiger partial charge is 0.430 e. The zero-order valence-corrected chi connectivity index (χ0v) is 13.2. The Morgan fingerprint density at radius 1 is 1.00 bits per heavy atom. The number of halogens is 6. The van der Waals surface area contributed by atoms with E-state index in [1.54, 1.807) is 0 Å². The fourth-order valence-electron chi connectivity index (χ4n) is 2.43. The molecule has 0 saturated carbocycles. The van der Waals surface area contributed by atoms with Crippen molar-refractivity contribution in [2.45, 2.75) is 18.0 Å². The molecule has 27 heavy (non-hydrogen) atoms. The van der Waals surface area contributed by atoms with Crippen LogP contribution in [-0.4, -0.2) is 52.4 Å². The van der Waals surface area contributed by atoms with Crippen molar-refractivity contribution < 1.29 is 46.1 Å². The lowest BCUT2D eigenvalue weighted by Crippen LogP contribution is -2.54. The van der Waals surface area contributed by atoms with Gasteiger partial charge in [0.2, 0.25) is 0 Å². The first kappa shape index (κ1) is 20.7. The van der Waals surface area contributed by atoms with Crippen LogP contribution < -0.4 is 5.32 Å². The number of hydrogen-bond acceptors (Lipinski definition) is 5. The number of carbonyl (C=O) groups excluding carboxylic acids is 2. The van der Waals surface area contributed by atoms with Crippen molar-refractivity contribution in [2.24, 2.45) is 0 Å². The van der Waals surface area contributed by atoms with Crippen LogP contribution in [0, 0.1) is 0 Å². The molecule has 0 saturated heterocycles. The van der Waals surface area contributed by atoms with Gasteiger partial charge in [-0.25, -0.2) is 0 Å². The number of imide groups is 1. The van der Waals surface area contributed by atoms with Crippen molar-refractivity contribution in [3.05, 3.63) is 41.6 Å². The van der Waals surface area contributed by atoms with Crippen molar-refractivity contribution in [3.8, 4) is 0 Å². The van der Waals surface area contributed by atoms with E-state index in [2.05, 4.69) is 0 Å². The van der Waals surface area contributed by atoms with E-state index < -0.39 is 59.9 Å². The minimum absolute atomic E-state index is 0.399. The molecule has 0 unspecified atom stereocenters. The topological polar surface area (TPSA) is 89.9 Å². The Morgan fingerprint density at radius 3 is 2.07 bits per heavy atom. The second-order valence-corrected chi connectivity index (χ2v) is 5.45. The normalized spacial score (nSPS) is 16.0. The summed E-state index contributed by atoms with van der Waals surface area (Å²) in [6.07, 6.45) is -11.6. The molecular weight excluding hydrogens is 386 g/mol. The summed E-state index contributed by atoms with van der Waals surface area (Å²) in [6, 6.07) is 3.10. The third kappa shape index (κ3) is 3.49. The number of anilines is 1. The smallest absolute Gasteiger partial charge is 0.395 e. The molecule has 6 nitrogen and oxygen atoms in total. The minimum atomic E-state index is -6.12. The Labute approximate surface area is 147 Å². The van der Waals surface area contributed by atoms with E-state index in [4.69, 9.17) is 5.11 Å². The number of amides is 2. The summed E-state index contributed by atoms with van der Waals surface area (Å²) in [5.74, 6) is -1.96. The molecule has 0 radical (unpaired) electrons. The fraction of sp³-hybridized carbons (Fsp3) is 0.333. The van der Waals surface area contributed by atoms with Crippen molar-refractivity contribution in [1.29, 1.82) is 0 Å². The van der Waals surface area contributed by atoms with E-state index in [1.165, 1.54) is 0 Å². The molecule has 0 fully saturated rings. The third-order valence-corrected chi connectivity index (χ3v) is 3.74. The van der Waals surface area contributed by atoms with Gasteiger partial charge in [-0.05, 0) is 6.07 Å². The van der Waals surface area contributed by atoms with E-state index in [0.717, 1.165) is 18.2 Å². The number of para-hydroxylation sites is 1. The number of alkyl halides is 6. The predicted molar refractivity (Wildman–Crippen MR) is 78.0 cm³/mol. The number of aliphatic hydroxyl groups excluding tert-OH is 1. The number of carbonyl (C=O) groups is 2. The second kappa shape index (κ2) is 6.85. The van der Waals surface area contributed by atoms with Crippen molar-refractivity contribution >= 4 is 17.5 Å². The maximum absolute atomic E-state index is 13.1. The van der Waals surface area contributed by atoms with Gasteiger partial charge in [-0.2, -0.15) is 26.3 Å². The van der Waals surface area contributed by atoms with Crippen LogP contribution in [0.4, 0.5) is 32.0 Å². The number of benzene rings is 1. The first-order valence-corrected chi connectivity index (χ1v) is 7.25. The number of aliphatic hydroxyl groups is 2. The van der Waals surface area contributed by atoms with Crippen LogP contribution in [0.3, 0.4) is 0 Å². The highest BCUT2D eigenvalue weighted by Crippen LogP contribution is 2.52. The van der Waals surface area contributed by atoms with Gasteiger partial charge in [0.05, 0.1) is 13.2 Å². The second-order valence-electron chi connectivity index (χ2n) is 5.45. The van der Waals surface area contributed by atoms with Crippen LogP contribution in [-0.2, 0) is 15.2 Å². The SMILES string of the molecule is O=C1C=C(Nc2ccccc2C(O)(C(F)(F)F)C(F)(F)F)C(=O)N1CCO. The Balaban J connectivity index is 2.50. The molecule has 2 amide bonds. The molecule has 0 spiro atoms. The summed E-state index contributed by atoms with van der Waals surface area (Å²) in [5.41, 5.74) is -8.27. The Morgan fingerprint density at radius 2 is 1.56 bits per heavy atom. The van der Waals surface area contributed by atoms with Gasteiger partial charge in [0, 0.05) is 17.3 Å². The maximum atomic E-state index is 13.1. The van der Waals surface area contributed by atoms with Crippen LogP contribution in [0.1, 0.15) is 5.56 Å². The fourth-order valence-corrected chi connectivity index (χ4v) is 2.43. The molecule has 2 rings (SSSR count). The molecule has 1 aliphatic heterocycles. The van der Waals surface area contributed by atoms with Gasteiger partial charge in [-0.15, -0.1) is 0 Å². The average Bonchev–Trinajstić information content (AvgIpc) is 2.80. The van der Waals surface area contributed by atoms with Gasteiger partial charge >= 0.3 is 12.4 Å². The summed E-state index contributed by atoms with van der Waals surface area (Å²) in [4.78, 5) is 24.2. The lowest BCUT2D eigenvalue weighted by atomic mass is 9.90. The van der Waals surface area contributed by atoms with Crippen molar-refractivity contribution in [2.75, 3.05) is 18.5 Å². The summed E-state index contributed by atoms with van der Waals surface area (Å²) >= 11 is 0. The Bertz CT molecular complexity index is 773. The molecule has 3 N–H and O–H groups in total. The number of rotatable bonds is 5. The van der Waals surface area contributed by atoms with Gasteiger partial charge < -0.3 is 15.5 Å². The summed E-state index contributed by atoms with van der Waals surface area (Å²) in [7, 11) is 0. The lowest BCUT2D eigenvalue weighted by molar-refractivity contribution is -0.376. The van der Waals surface area contributed by atoms with Crippen LogP contribution in [0.25, 0.3) is 0 Å². The van der Waals surface area contributed by atoms with Gasteiger partial charge in [0.1, 0.15) is 5.70 Å². The minimum Gasteiger partial charge on any atom is -0.395 e. The van der Waals surface area contributed by atoms with E-state index in [-0.39, 0.29) is 0 Å². The molecule has 1 aromatic carbocycles. The van der Waals surface area contributed by atoms with Gasteiger partial charge in [-0.1, -0.05) is 18.2 Å². The maximum Gasteiger partial charge on any atom is 0.430 e. The van der Waals surface area contributed by atoms with Crippen LogP contribution in [0.15, 0.2) is 36.0 Å². The summed E-state index contributed by atoms with van der Waals surface area (Å²) in [5, 5.41) is 20.4. The predicted octanol–water partition coefficient (Wildman–Crippen LogP) is 1.66. The highest BCUT2D eigenvalue weighted by Gasteiger charge is 2.72. The van der Waals surface area contributed by atoms with E-state index in [1.807, 2.05) is 5.32 Å². The summed E-state index contributed by atoms with van der Waals surface area (Å²) in [6.45, 7) is -0.993. The van der Waals surface area contributed by atoms with Gasteiger partial charge in [0.15, 0.2) is 0 Å². The average molecular weight is 398 g/mol. The quantitative estimate of drug-likeness (QED) is 0.519. The zero-order valence-electron chi connectivity index (χ0n) is 13.2. The highest BCUT2D eigenvalue weighted by atomic mass is 19.4. The molecule has 1 aliphatic rings. The van der Waals surface area contributed by atoms with Crippen LogP contribution in [0.5, 0.6) is 0 Å². The standard InChI is InChI=1S/C15H12F6N2O4/c16-14(17,18)13(27,15(19,20)21)8-3-1-2-4-9(8)22-10-7-11(25)23(5-6-24)12(10)26/h1-4,7,22,24,27H,5-6H2. The number of nitrogens with one attached hydrogen (secondary N) is 1. The molecule has 1 aromatic rings. The van der Waals surface area contributed by atoms with E-state index >= 15 is 0 Å². The van der Waals surface area contributed by atoms with E-state index in [0.29, 0.717) is 17.0 Å². The summed E-state index contributed by atoms with van der Waals surface area (Å²) < 4.78 is 78.7. The molecule has 0 bridgehead atoms. The number of hydrogen-bond donors (Lipinski definition) is 3. The molecule has 1 heterocycles. The van der Waals surface area contributed by atoms with Gasteiger partial charge in [-0.3, -0.25) is 14.5 Å². The van der Waals surface area contributed by atoms with Crippen molar-refractivity contribution in [1.82, 2.24) is 4.90 Å².